The molecule has 3 aromatic rings. The van der Waals surface area contributed by atoms with Gasteiger partial charge in [-0.1, -0.05) is 30.0 Å². The summed E-state index contributed by atoms with van der Waals surface area (Å²) in [6, 6.07) is 10.8. The van der Waals surface area contributed by atoms with Gasteiger partial charge in [-0.25, -0.2) is 14.5 Å². The molecule has 1 fully saturated rings. The normalized spacial score (nSPS) is 17.0. The van der Waals surface area contributed by atoms with E-state index in [0.29, 0.717) is 34.9 Å². The highest BCUT2D eigenvalue weighted by molar-refractivity contribution is 8.00. The number of benzene rings is 1. The zero-order chi connectivity index (χ0) is 17.4. The summed E-state index contributed by atoms with van der Waals surface area (Å²) in [4.78, 5) is 33.9. The second-order valence-electron chi connectivity index (χ2n) is 5.81. The number of fused-ring (bicyclic) bond motifs is 1. The van der Waals surface area contributed by atoms with Crippen LogP contribution in [0.4, 0.5) is 0 Å². The molecule has 1 aliphatic heterocycles. The van der Waals surface area contributed by atoms with E-state index in [-0.39, 0.29) is 16.8 Å². The highest BCUT2D eigenvalue weighted by Crippen LogP contribution is 2.29. The number of hydrogen-bond acceptors (Lipinski definition) is 6. The largest absolute Gasteiger partial charge is 0.465 e. The Bertz CT molecular complexity index is 1010. The van der Waals surface area contributed by atoms with E-state index in [1.807, 2.05) is 19.1 Å². The number of carbonyl (C=O) groups excluding carboxylic acids is 1. The summed E-state index contributed by atoms with van der Waals surface area (Å²) in [5, 5.41) is 0.608. The Balaban J connectivity index is 1.92. The first-order valence-corrected chi connectivity index (χ1v) is 8.79. The first-order valence-electron chi connectivity index (χ1n) is 7.91. The van der Waals surface area contributed by atoms with Crippen LogP contribution in [0, 0.1) is 6.92 Å². The molecule has 126 valence electrons. The van der Waals surface area contributed by atoms with Crippen molar-refractivity contribution in [3.8, 4) is 5.82 Å². The molecule has 25 heavy (non-hydrogen) atoms. The number of pyridine rings is 1. The quantitative estimate of drug-likeness (QED) is 0.532. The van der Waals surface area contributed by atoms with E-state index in [1.54, 1.807) is 30.5 Å². The number of cyclic esters (lactones) is 1. The van der Waals surface area contributed by atoms with Crippen LogP contribution in [0.25, 0.3) is 16.7 Å². The van der Waals surface area contributed by atoms with E-state index in [0.717, 1.165) is 5.56 Å². The van der Waals surface area contributed by atoms with Crippen molar-refractivity contribution in [1.82, 2.24) is 14.5 Å². The molecular weight excluding hydrogens is 338 g/mol. The maximum absolute atomic E-state index is 13.0. The number of aromatic nitrogens is 3. The molecule has 0 spiro atoms. The molecule has 1 aliphatic rings. The molecule has 4 rings (SSSR count). The fourth-order valence-electron chi connectivity index (χ4n) is 2.70. The molecule has 0 amide bonds. The van der Waals surface area contributed by atoms with E-state index < -0.39 is 0 Å². The van der Waals surface area contributed by atoms with Gasteiger partial charge in [0.25, 0.3) is 5.56 Å². The van der Waals surface area contributed by atoms with Gasteiger partial charge in [0.15, 0.2) is 5.16 Å². The molecule has 2 aromatic heterocycles. The monoisotopic (exact) mass is 353 g/mol. The third-order valence-corrected chi connectivity index (χ3v) is 5.20. The lowest BCUT2D eigenvalue weighted by molar-refractivity contribution is -0.137. The Kier molecular flexibility index (Phi) is 4.01. The zero-order valence-corrected chi connectivity index (χ0v) is 14.3. The molecule has 0 radical (unpaired) electrons. The number of para-hydroxylation sites is 1. The van der Waals surface area contributed by atoms with E-state index in [2.05, 4.69) is 9.97 Å². The molecule has 0 saturated carbocycles. The molecule has 0 aliphatic carbocycles. The van der Waals surface area contributed by atoms with Gasteiger partial charge in [-0.2, -0.15) is 0 Å². The van der Waals surface area contributed by atoms with Gasteiger partial charge in [0.2, 0.25) is 0 Å². The van der Waals surface area contributed by atoms with Gasteiger partial charge in [-0.15, -0.1) is 0 Å². The van der Waals surface area contributed by atoms with Crippen molar-refractivity contribution in [2.45, 2.75) is 23.8 Å². The maximum Gasteiger partial charge on any atom is 0.319 e. The highest BCUT2D eigenvalue weighted by atomic mass is 32.2. The Morgan fingerprint density at radius 3 is 2.76 bits per heavy atom. The SMILES string of the molecule is Cc1ccc(-n2c(SC3CCOC3=O)nc3ccccc3c2=O)nc1. The number of hydrogen-bond donors (Lipinski definition) is 0. The third-order valence-electron chi connectivity index (χ3n) is 4.00. The number of esters is 1. The minimum absolute atomic E-state index is 0.198. The van der Waals surface area contributed by atoms with Crippen molar-refractivity contribution in [3.05, 3.63) is 58.5 Å². The number of carbonyl (C=O) groups is 1. The highest BCUT2D eigenvalue weighted by Gasteiger charge is 2.30. The van der Waals surface area contributed by atoms with E-state index in [1.165, 1.54) is 16.3 Å². The Labute approximate surface area is 147 Å². The van der Waals surface area contributed by atoms with Crippen LogP contribution < -0.4 is 5.56 Å². The molecule has 0 bridgehead atoms. The van der Waals surface area contributed by atoms with Crippen LogP contribution in [0.2, 0.25) is 0 Å². The molecule has 1 atom stereocenters. The van der Waals surface area contributed by atoms with Crippen molar-refractivity contribution in [3.63, 3.8) is 0 Å². The number of thioether (sulfide) groups is 1. The van der Waals surface area contributed by atoms with Crippen LogP contribution in [0.3, 0.4) is 0 Å². The van der Waals surface area contributed by atoms with Gasteiger partial charge in [0.1, 0.15) is 11.1 Å². The van der Waals surface area contributed by atoms with Crippen LogP contribution >= 0.6 is 11.8 Å². The summed E-state index contributed by atoms with van der Waals surface area (Å²) in [6.07, 6.45) is 2.31. The molecule has 1 aromatic carbocycles. The Hall–Kier alpha value is -2.67. The second-order valence-corrected chi connectivity index (χ2v) is 6.98. The molecule has 1 unspecified atom stereocenters. The fraction of sp³-hybridized carbons (Fsp3) is 0.222. The number of nitrogens with zero attached hydrogens (tertiary/aromatic N) is 3. The van der Waals surface area contributed by atoms with Crippen molar-refractivity contribution < 1.29 is 9.53 Å². The predicted octanol–water partition coefficient (Wildman–Crippen LogP) is 2.50. The molecule has 7 heteroatoms. The Morgan fingerprint density at radius 2 is 2.04 bits per heavy atom. The summed E-state index contributed by atoms with van der Waals surface area (Å²) >= 11 is 1.25. The van der Waals surface area contributed by atoms with Gasteiger partial charge < -0.3 is 4.74 Å². The van der Waals surface area contributed by atoms with E-state index in [4.69, 9.17) is 4.74 Å². The first-order chi connectivity index (χ1) is 12.1. The predicted molar refractivity (Wildman–Crippen MR) is 95.1 cm³/mol. The van der Waals surface area contributed by atoms with Gasteiger partial charge >= 0.3 is 5.97 Å². The third kappa shape index (κ3) is 2.91. The van der Waals surface area contributed by atoms with Crippen LogP contribution in [0.1, 0.15) is 12.0 Å². The molecule has 6 nitrogen and oxygen atoms in total. The van der Waals surface area contributed by atoms with Crippen molar-refractivity contribution in [2.75, 3.05) is 6.61 Å². The smallest absolute Gasteiger partial charge is 0.319 e. The van der Waals surface area contributed by atoms with E-state index >= 15 is 0 Å². The number of aryl methyl sites for hydroxylation is 1. The fourth-order valence-corrected chi connectivity index (χ4v) is 3.76. The summed E-state index contributed by atoms with van der Waals surface area (Å²) < 4.78 is 6.50. The first kappa shape index (κ1) is 15.8. The minimum Gasteiger partial charge on any atom is -0.465 e. The van der Waals surface area contributed by atoms with Crippen molar-refractivity contribution in [2.24, 2.45) is 0 Å². The van der Waals surface area contributed by atoms with Gasteiger partial charge in [0, 0.05) is 12.6 Å². The summed E-state index contributed by atoms with van der Waals surface area (Å²) in [7, 11) is 0. The average Bonchev–Trinajstić information content (AvgIpc) is 3.01. The van der Waals surface area contributed by atoms with Gasteiger partial charge in [0.05, 0.1) is 17.5 Å². The molecule has 1 saturated heterocycles. The number of rotatable bonds is 3. The topological polar surface area (TPSA) is 74.1 Å². The van der Waals surface area contributed by atoms with Gasteiger partial charge in [-0.3, -0.25) is 9.59 Å². The molecular formula is C18H15N3O3S. The van der Waals surface area contributed by atoms with Crippen molar-refractivity contribution in [1.29, 1.82) is 0 Å². The summed E-state index contributed by atoms with van der Waals surface area (Å²) in [6.45, 7) is 2.33. The van der Waals surface area contributed by atoms with Gasteiger partial charge in [-0.05, 0) is 30.7 Å². The van der Waals surface area contributed by atoms with Crippen LogP contribution in [0.15, 0.2) is 52.5 Å². The molecule has 3 heterocycles. The van der Waals surface area contributed by atoms with E-state index in [9.17, 15) is 9.59 Å². The second kappa shape index (κ2) is 6.33. The number of ether oxygens (including phenoxy) is 1. The average molecular weight is 353 g/mol. The van der Waals surface area contributed by atoms with Crippen LogP contribution in [-0.4, -0.2) is 32.4 Å². The molecule has 0 N–H and O–H groups in total. The lowest BCUT2D eigenvalue weighted by Gasteiger charge is -2.14. The summed E-state index contributed by atoms with van der Waals surface area (Å²) in [5.74, 6) is 0.221. The lowest BCUT2D eigenvalue weighted by Crippen LogP contribution is -2.24. The zero-order valence-electron chi connectivity index (χ0n) is 13.5. The van der Waals surface area contributed by atoms with Crippen molar-refractivity contribution >= 4 is 28.6 Å². The maximum atomic E-state index is 13.0. The van der Waals surface area contributed by atoms with Crippen LogP contribution in [-0.2, 0) is 9.53 Å². The summed E-state index contributed by atoms with van der Waals surface area (Å²) in [5.41, 5.74) is 1.40. The Morgan fingerprint density at radius 1 is 1.20 bits per heavy atom. The van der Waals surface area contributed by atoms with Crippen LogP contribution in [0.5, 0.6) is 0 Å². The minimum atomic E-state index is -0.357. The standard InChI is InChI=1S/C18H15N3O3S/c1-11-6-7-15(19-10-11)21-16(22)12-4-2-3-5-13(12)20-18(21)25-14-8-9-24-17(14)23/h2-7,10,14H,8-9H2,1H3. The lowest BCUT2D eigenvalue weighted by atomic mass is 10.2.